The number of carbonyl (C=O) groups is 1. The first kappa shape index (κ1) is 15.6. The van der Waals surface area contributed by atoms with Gasteiger partial charge in [-0.05, 0) is 41.9 Å². The molecule has 1 unspecified atom stereocenters. The number of hydrogen-bond donors (Lipinski definition) is 1. The first-order valence-electron chi connectivity index (χ1n) is 5.51. The molecule has 18 heavy (non-hydrogen) atoms. The molecule has 1 rings (SSSR count). The minimum Gasteiger partial charge on any atom is -0.466 e. The van der Waals surface area contributed by atoms with E-state index in [4.69, 9.17) is 27.9 Å². The van der Waals surface area contributed by atoms with Crippen molar-refractivity contribution in [3.05, 3.63) is 26.7 Å². The van der Waals surface area contributed by atoms with Gasteiger partial charge in [0.25, 0.3) is 0 Å². The predicted molar refractivity (Wildman–Crippen MR) is 78.5 cm³/mol. The summed E-state index contributed by atoms with van der Waals surface area (Å²) in [6, 6.07) is 3.52. The molecule has 0 spiro atoms. The lowest BCUT2D eigenvalue weighted by atomic mass is 10.2. The number of ether oxygens (including phenoxy) is 1. The van der Waals surface area contributed by atoms with E-state index < -0.39 is 0 Å². The van der Waals surface area contributed by atoms with E-state index in [1.165, 1.54) is 0 Å². The van der Waals surface area contributed by atoms with E-state index in [1.54, 1.807) is 19.1 Å². The quantitative estimate of drug-likeness (QED) is 0.624. The molecule has 0 aliphatic heterocycles. The molecule has 6 heteroatoms. The molecular formula is C12H14BrCl2NO2. The van der Waals surface area contributed by atoms with Crippen molar-refractivity contribution in [2.45, 2.75) is 26.3 Å². The Balaban J connectivity index is 2.68. The average molecular weight is 355 g/mol. The molecular weight excluding hydrogens is 341 g/mol. The van der Waals surface area contributed by atoms with E-state index in [-0.39, 0.29) is 18.4 Å². The van der Waals surface area contributed by atoms with Crippen LogP contribution in [0.1, 0.15) is 20.3 Å². The summed E-state index contributed by atoms with van der Waals surface area (Å²) in [6.45, 7) is 4.04. The lowest BCUT2D eigenvalue weighted by Gasteiger charge is -2.16. The number of rotatable bonds is 5. The maximum Gasteiger partial charge on any atom is 0.307 e. The van der Waals surface area contributed by atoms with E-state index in [0.29, 0.717) is 22.3 Å². The number of esters is 1. The second kappa shape index (κ2) is 7.22. The molecule has 1 atom stereocenters. The van der Waals surface area contributed by atoms with Crippen molar-refractivity contribution in [2.75, 3.05) is 11.9 Å². The van der Waals surface area contributed by atoms with Crippen molar-refractivity contribution in [3.63, 3.8) is 0 Å². The lowest BCUT2D eigenvalue weighted by Crippen LogP contribution is -2.21. The van der Waals surface area contributed by atoms with Crippen LogP contribution in [0.4, 0.5) is 5.69 Å². The summed E-state index contributed by atoms with van der Waals surface area (Å²) < 4.78 is 5.61. The molecule has 1 aromatic rings. The van der Waals surface area contributed by atoms with Gasteiger partial charge in [-0.15, -0.1) is 0 Å². The summed E-state index contributed by atoms with van der Waals surface area (Å²) in [5.74, 6) is -0.239. The summed E-state index contributed by atoms with van der Waals surface area (Å²) in [5, 5.41) is 4.01. The molecule has 0 amide bonds. The standard InChI is InChI=1S/C12H14BrCl2NO2/c1-3-18-10(17)6-7(2)16-9-5-4-8(13)11(14)12(9)15/h4-5,7,16H,3,6H2,1-2H3. The summed E-state index contributed by atoms with van der Waals surface area (Å²) in [6.07, 6.45) is 0.276. The zero-order valence-corrected chi connectivity index (χ0v) is 13.2. The smallest absolute Gasteiger partial charge is 0.307 e. The Morgan fingerprint density at radius 1 is 1.44 bits per heavy atom. The van der Waals surface area contributed by atoms with Gasteiger partial charge in [0, 0.05) is 10.5 Å². The van der Waals surface area contributed by atoms with Crippen LogP contribution in [0.5, 0.6) is 0 Å². The first-order chi connectivity index (χ1) is 8.45. The van der Waals surface area contributed by atoms with Crippen molar-refractivity contribution >= 4 is 50.8 Å². The third kappa shape index (κ3) is 4.34. The van der Waals surface area contributed by atoms with Crippen molar-refractivity contribution in [3.8, 4) is 0 Å². The average Bonchev–Trinajstić information content (AvgIpc) is 2.30. The van der Waals surface area contributed by atoms with Gasteiger partial charge in [0.05, 0.1) is 28.8 Å². The summed E-state index contributed by atoms with van der Waals surface area (Å²) >= 11 is 15.4. The molecule has 0 aliphatic rings. The van der Waals surface area contributed by atoms with Gasteiger partial charge in [0.15, 0.2) is 0 Å². The Labute approximate surface area is 125 Å². The zero-order chi connectivity index (χ0) is 13.7. The Kier molecular flexibility index (Phi) is 6.26. The molecule has 0 fully saturated rings. The second-order valence-corrected chi connectivity index (χ2v) is 5.39. The van der Waals surface area contributed by atoms with Crippen LogP contribution >= 0.6 is 39.1 Å². The van der Waals surface area contributed by atoms with Crippen LogP contribution in [0, 0.1) is 0 Å². The Morgan fingerprint density at radius 3 is 2.72 bits per heavy atom. The van der Waals surface area contributed by atoms with Crippen LogP contribution in [0.3, 0.4) is 0 Å². The number of benzene rings is 1. The highest BCUT2D eigenvalue weighted by Crippen LogP contribution is 2.36. The van der Waals surface area contributed by atoms with E-state index >= 15 is 0 Å². The second-order valence-electron chi connectivity index (χ2n) is 3.78. The normalized spacial score (nSPS) is 12.1. The molecule has 0 aromatic heterocycles. The SMILES string of the molecule is CCOC(=O)CC(C)Nc1ccc(Br)c(Cl)c1Cl. The molecule has 0 saturated heterocycles. The highest BCUT2D eigenvalue weighted by atomic mass is 79.9. The fourth-order valence-corrected chi connectivity index (χ4v) is 2.25. The topological polar surface area (TPSA) is 38.3 Å². The van der Waals surface area contributed by atoms with Crippen LogP contribution in [0.25, 0.3) is 0 Å². The monoisotopic (exact) mass is 353 g/mol. The molecule has 3 nitrogen and oxygen atoms in total. The van der Waals surface area contributed by atoms with Crippen molar-refractivity contribution in [1.82, 2.24) is 0 Å². The molecule has 0 heterocycles. The summed E-state index contributed by atoms with van der Waals surface area (Å²) in [4.78, 5) is 11.3. The van der Waals surface area contributed by atoms with Crippen molar-refractivity contribution in [2.24, 2.45) is 0 Å². The van der Waals surface area contributed by atoms with Gasteiger partial charge in [0.2, 0.25) is 0 Å². The Hall–Kier alpha value is -0.450. The first-order valence-corrected chi connectivity index (χ1v) is 7.06. The van der Waals surface area contributed by atoms with E-state index in [0.717, 1.165) is 4.47 Å². The van der Waals surface area contributed by atoms with Gasteiger partial charge in [-0.25, -0.2) is 0 Å². The number of nitrogens with one attached hydrogen (secondary N) is 1. The van der Waals surface area contributed by atoms with Gasteiger partial charge >= 0.3 is 5.97 Å². The highest BCUT2D eigenvalue weighted by Gasteiger charge is 2.13. The number of hydrogen-bond acceptors (Lipinski definition) is 3. The Morgan fingerprint density at radius 2 is 2.11 bits per heavy atom. The zero-order valence-electron chi connectivity index (χ0n) is 10.1. The van der Waals surface area contributed by atoms with Crippen LogP contribution < -0.4 is 5.32 Å². The summed E-state index contributed by atoms with van der Waals surface area (Å²) in [5.41, 5.74) is 0.696. The molecule has 0 saturated carbocycles. The van der Waals surface area contributed by atoms with Gasteiger partial charge in [-0.2, -0.15) is 0 Å². The van der Waals surface area contributed by atoms with E-state index in [1.807, 2.05) is 6.92 Å². The van der Waals surface area contributed by atoms with Gasteiger partial charge < -0.3 is 10.1 Å². The minimum absolute atomic E-state index is 0.0845. The third-order valence-corrected chi connectivity index (χ3v) is 3.99. The number of carbonyl (C=O) groups excluding carboxylic acids is 1. The fraction of sp³-hybridized carbons (Fsp3) is 0.417. The molecule has 1 N–H and O–H groups in total. The molecule has 0 bridgehead atoms. The summed E-state index contributed by atoms with van der Waals surface area (Å²) in [7, 11) is 0. The van der Waals surface area contributed by atoms with E-state index in [2.05, 4.69) is 21.2 Å². The number of halogens is 3. The molecule has 100 valence electrons. The fourth-order valence-electron chi connectivity index (χ4n) is 1.42. The van der Waals surface area contributed by atoms with Gasteiger partial charge in [0.1, 0.15) is 0 Å². The predicted octanol–water partition coefficient (Wildman–Crippen LogP) is 4.51. The van der Waals surface area contributed by atoms with Crippen molar-refractivity contribution in [1.29, 1.82) is 0 Å². The van der Waals surface area contributed by atoms with Crippen molar-refractivity contribution < 1.29 is 9.53 Å². The maximum absolute atomic E-state index is 11.3. The number of anilines is 1. The Bertz CT molecular complexity index is 440. The minimum atomic E-state index is -0.239. The van der Waals surface area contributed by atoms with Crippen LogP contribution in [-0.2, 0) is 9.53 Å². The van der Waals surface area contributed by atoms with Gasteiger partial charge in [-0.1, -0.05) is 23.2 Å². The van der Waals surface area contributed by atoms with Crippen LogP contribution in [-0.4, -0.2) is 18.6 Å². The molecule has 0 aliphatic carbocycles. The third-order valence-electron chi connectivity index (χ3n) is 2.22. The lowest BCUT2D eigenvalue weighted by molar-refractivity contribution is -0.143. The van der Waals surface area contributed by atoms with Crippen LogP contribution in [0.2, 0.25) is 10.0 Å². The van der Waals surface area contributed by atoms with Gasteiger partial charge in [-0.3, -0.25) is 4.79 Å². The van der Waals surface area contributed by atoms with E-state index in [9.17, 15) is 4.79 Å². The highest BCUT2D eigenvalue weighted by molar-refractivity contribution is 9.10. The molecule has 1 aromatic carbocycles. The molecule has 0 radical (unpaired) electrons. The largest absolute Gasteiger partial charge is 0.466 e. The maximum atomic E-state index is 11.3. The van der Waals surface area contributed by atoms with Crippen LogP contribution in [0.15, 0.2) is 16.6 Å².